The quantitative estimate of drug-likeness (QED) is 0.0861. The first-order chi connectivity index (χ1) is 18.4. The number of carbonyl (C=O) groups is 2. The molecule has 0 spiro atoms. The number of hydrogen-bond acceptors (Lipinski definition) is 6. The Kier molecular flexibility index (Phi) is 9.50. The molecular formula is C30H20Br2N2O4. The number of nitrogens with zero attached hydrogens (tertiary/aromatic N) is 2. The van der Waals surface area contributed by atoms with Gasteiger partial charge in [-0.15, -0.1) is 0 Å². The Labute approximate surface area is 236 Å². The molecule has 0 aliphatic heterocycles. The van der Waals surface area contributed by atoms with Crippen LogP contribution in [0.15, 0.2) is 128 Å². The second kappa shape index (κ2) is 13.4. The van der Waals surface area contributed by atoms with E-state index in [9.17, 15) is 9.59 Å². The molecule has 0 radical (unpaired) electrons. The summed E-state index contributed by atoms with van der Waals surface area (Å²) in [6.07, 6.45) is 5.47. The van der Waals surface area contributed by atoms with Crippen molar-refractivity contribution in [3.63, 3.8) is 0 Å². The van der Waals surface area contributed by atoms with Crippen LogP contribution in [-0.2, 0) is 9.59 Å². The highest BCUT2D eigenvalue weighted by Crippen LogP contribution is 2.19. The van der Waals surface area contributed by atoms with E-state index >= 15 is 0 Å². The van der Waals surface area contributed by atoms with Crippen molar-refractivity contribution in [1.82, 2.24) is 0 Å². The largest absolute Gasteiger partial charge is 0.423 e. The Balaban J connectivity index is 1.24. The summed E-state index contributed by atoms with van der Waals surface area (Å²) in [6, 6.07) is 28.9. The van der Waals surface area contributed by atoms with Gasteiger partial charge in [-0.1, -0.05) is 31.9 Å². The Morgan fingerprint density at radius 2 is 0.868 bits per heavy atom. The summed E-state index contributed by atoms with van der Waals surface area (Å²) < 4.78 is 12.4. The van der Waals surface area contributed by atoms with E-state index in [0.717, 1.165) is 43.6 Å². The number of ether oxygens (including phenoxy) is 2. The number of hydrogen-bond donors (Lipinski definition) is 0. The number of benzene rings is 4. The average Bonchev–Trinajstić information content (AvgIpc) is 2.93. The van der Waals surface area contributed by atoms with Crippen LogP contribution in [0.5, 0.6) is 11.5 Å². The third kappa shape index (κ3) is 8.76. The molecule has 0 aromatic heterocycles. The minimum atomic E-state index is -0.697. The lowest BCUT2D eigenvalue weighted by molar-refractivity contribution is -0.131. The van der Waals surface area contributed by atoms with Gasteiger partial charge in [0.05, 0.1) is 11.4 Å². The van der Waals surface area contributed by atoms with E-state index in [1.807, 2.05) is 48.5 Å². The second-order valence-electron chi connectivity index (χ2n) is 7.78. The van der Waals surface area contributed by atoms with Crippen molar-refractivity contribution in [3.8, 4) is 11.5 Å². The zero-order valence-electron chi connectivity index (χ0n) is 19.8. The van der Waals surface area contributed by atoms with Crippen molar-refractivity contribution in [1.29, 1.82) is 0 Å². The molecule has 0 bridgehead atoms. The molecule has 4 aromatic rings. The van der Waals surface area contributed by atoms with Crippen LogP contribution in [0.25, 0.3) is 0 Å². The third-order valence-electron chi connectivity index (χ3n) is 4.93. The highest BCUT2D eigenvalue weighted by atomic mass is 79.9. The monoisotopic (exact) mass is 630 g/mol. The van der Waals surface area contributed by atoms with Crippen molar-refractivity contribution in [2.45, 2.75) is 0 Å². The minimum absolute atomic E-state index is 0.342. The van der Waals surface area contributed by atoms with E-state index in [1.165, 1.54) is 0 Å². The Morgan fingerprint density at radius 1 is 0.526 bits per heavy atom. The number of halogens is 2. The van der Waals surface area contributed by atoms with Crippen LogP contribution in [0.4, 0.5) is 11.4 Å². The normalized spacial score (nSPS) is 11.3. The predicted octanol–water partition coefficient (Wildman–Crippen LogP) is 7.78. The molecule has 0 atom stereocenters. The summed E-state index contributed by atoms with van der Waals surface area (Å²) in [7, 11) is 0. The first-order valence-corrected chi connectivity index (χ1v) is 12.9. The summed E-state index contributed by atoms with van der Waals surface area (Å²) in [5.74, 6) is -0.709. The second-order valence-corrected chi connectivity index (χ2v) is 9.61. The van der Waals surface area contributed by atoms with E-state index in [4.69, 9.17) is 9.47 Å². The summed E-state index contributed by atoms with van der Waals surface area (Å²) in [4.78, 5) is 33.0. The van der Waals surface area contributed by atoms with Crippen LogP contribution in [0.2, 0.25) is 0 Å². The Morgan fingerprint density at radius 3 is 1.21 bits per heavy atom. The first kappa shape index (κ1) is 26.9. The van der Waals surface area contributed by atoms with Gasteiger partial charge in [-0.25, -0.2) is 9.59 Å². The maximum Gasteiger partial charge on any atom is 0.336 e. The summed E-state index contributed by atoms with van der Waals surface area (Å²) in [5, 5.41) is 0. The molecule has 4 rings (SSSR count). The standard InChI is InChI=1S/C30H20Br2N2O4/c31-23-5-9-25(10-6-23)33-19-21-1-13-27(14-2-21)37-29(35)17-18-30(36)38-28-15-3-22(4-16-28)20-34-26-11-7-24(32)8-12-26/h1-20H/b18-17+,33-19?,34-20?. The van der Waals surface area contributed by atoms with E-state index in [1.54, 1.807) is 61.0 Å². The fourth-order valence-electron chi connectivity index (χ4n) is 3.03. The molecule has 4 aromatic carbocycles. The van der Waals surface area contributed by atoms with E-state index < -0.39 is 11.9 Å². The molecule has 0 unspecified atom stereocenters. The van der Waals surface area contributed by atoms with Crippen molar-refractivity contribution in [3.05, 3.63) is 129 Å². The summed E-state index contributed by atoms with van der Waals surface area (Å²) in [6.45, 7) is 0. The van der Waals surface area contributed by atoms with Crippen molar-refractivity contribution in [2.75, 3.05) is 0 Å². The van der Waals surface area contributed by atoms with Gasteiger partial charge in [0.1, 0.15) is 11.5 Å². The molecule has 0 aliphatic carbocycles. The van der Waals surface area contributed by atoms with Gasteiger partial charge in [0.25, 0.3) is 0 Å². The number of rotatable bonds is 8. The Hall–Kier alpha value is -4.14. The van der Waals surface area contributed by atoms with Gasteiger partial charge in [0.2, 0.25) is 0 Å². The lowest BCUT2D eigenvalue weighted by atomic mass is 10.2. The van der Waals surface area contributed by atoms with Gasteiger partial charge in [-0.05, 0) is 108 Å². The van der Waals surface area contributed by atoms with Gasteiger partial charge >= 0.3 is 11.9 Å². The van der Waals surface area contributed by atoms with Crippen LogP contribution >= 0.6 is 31.9 Å². The molecule has 6 nitrogen and oxygen atoms in total. The van der Waals surface area contributed by atoms with Crippen molar-refractivity contribution >= 4 is 67.6 Å². The highest BCUT2D eigenvalue weighted by Gasteiger charge is 2.05. The minimum Gasteiger partial charge on any atom is -0.423 e. The molecule has 38 heavy (non-hydrogen) atoms. The third-order valence-corrected chi connectivity index (χ3v) is 5.99. The lowest BCUT2D eigenvalue weighted by Crippen LogP contribution is -2.08. The van der Waals surface area contributed by atoms with E-state index in [2.05, 4.69) is 41.8 Å². The van der Waals surface area contributed by atoms with Gasteiger partial charge in [0, 0.05) is 33.5 Å². The number of aliphatic imine (C=N–C) groups is 2. The van der Waals surface area contributed by atoms with E-state index in [0.29, 0.717) is 11.5 Å². The molecule has 0 saturated carbocycles. The number of carbonyl (C=O) groups excluding carboxylic acids is 2. The van der Waals surface area contributed by atoms with Crippen molar-refractivity contribution < 1.29 is 19.1 Å². The summed E-state index contributed by atoms with van der Waals surface area (Å²) >= 11 is 6.78. The van der Waals surface area contributed by atoms with Crippen LogP contribution in [-0.4, -0.2) is 24.4 Å². The first-order valence-electron chi connectivity index (χ1n) is 11.3. The zero-order chi connectivity index (χ0) is 26.7. The molecule has 188 valence electrons. The fourth-order valence-corrected chi connectivity index (χ4v) is 3.56. The van der Waals surface area contributed by atoms with Crippen LogP contribution in [0.3, 0.4) is 0 Å². The van der Waals surface area contributed by atoms with Gasteiger partial charge in [-0.3, -0.25) is 9.98 Å². The smallest absolute Gasteiger partial charge is 0.336 e. The van der Waals surface area contributed by atoms with Crippen LogP contribution in [0, 0.1) is 0 Å². The molecule has 0 amide bonds. The van der Waals surface area contributed by atoms with Crippen LogP contribution in [0.1, 0.15) is 11.1 Å². The summed E-state index contributed by atoms with van der Waals surface area (Å²) in [5.41, 5.74) is 3.33. The lowest BCUT2D eigenvalue weighted by Gasteiger charge is -2.03. The van der Waals surface area contributed by atoms with Gasteiger partial charge < -0.3 is 9.47 Å². The fraction of sp³-hybridized carbons (Fsp3) is 0. The van der Waals surface area contributed by atoms with Crippen LogP contribution < -0.4 is 9.47 Å². The topological polar surface area (TPSA) is 77.3 Å². The average molecular weight is 632 g/mol. The number of esters is 2. The zero-order valence-corrected chi connectivity index (χ0v) is 23.0. The highest BCUT2D eigenvalue weighted by molar-refractivity contribution is 9.10. The van der Waals surface area contributed by atoms with E-state index in [-0.39, 0.29) is 0 Å². The molecule has 0 fully saturated rings. The molecule has 0 heterocycles. The molecular weight excluding hydrogens is 612 g/mol. The molecule has 0 saturated heterocycles. The van der Waals surface area contributed by atoms with Gasteiger partial charge in [0.15, 0.2) is 0 Å². The molecule has 0 N–H and O–H groups in total. The molecule has 8 heteroatoms. The van der Waals surface area contributed by atoms with Gasteiger partial charge in [-0.2, -0.15) is 0 Å². The SMILES string of the molecule is O=C(/C=C/C(=O)Oc1ccc(C=Nc2ccc(Br)cc2)cc1)Oc1ccc(C=Nc2ccc(Br)cc2)cc1. The maximum absolute atomic E-state index is 12.1. The Bertz CT molecular complexity index is 1360. The van der Waals surface area contributed by atoms with Crippen molar-refractivity contribution in [2.24, 2.45) is 9.98 Å². The molecule has 0 aliphatic rings. The maximum atomic E-state index is 12.1. The predicted molar refractivity (Wildman–Crippen MR) is 156 cm³/mol.